The Bertz CT molecular complexity index is 1110. The molecule has 154 valence electrons. The van der Waals surface area contributed by atoms with Gasteiger partial charge in [0, 0.05) is 23.6 Å². The summed E-state index contributed by atoms with van der Waals surface area (Å²) in [5.74, 6) is 0.644. The van der Waals surface area contributed by atoms with Gasteiger partial charge in [-0.15, -0.1) is 0 Å². The van der Waals surface area contributed by atoms with Crippen molar-refractivity contribution < 1.29 is 23.8 Å². The molecule has 1 aromatic carbocycles. The van der Waals surface area contributed by atoms with Crippen LogP contribution in [0.1, 0.15) is 28.7 Å². The molecule has 0 radical (unpaired) electrons. The van der Waals surface area contributed by atoms with Crippen LogP contribution in [0.2, 0.25) is 0 Å². The lowest BCUT2D eigenvalue weighted by atomic mass is 10.2. The molecule has 0 saturated carbocycles. The van der Waals surface area contributed by atoms with Crippen molar-refractivity contribution in [3.8, 4) is 17.3 Å². The Morgan fingerprint density at radius 3 is 2.63 bits per heavy atom. The molecule has 1 aliphatic rings. The van der Waals surface area contributed by atoms with Crippen molar-refractivity contribution in [3.63, 3.8) is 0 Å². The Morgan fingerprint density at radius 1 is 1.13 bits per heavy atom. The maximum Gasteiger partial charge on any atom is 0.340 e. The van der Waals surface area contributed by atoms with Crippen LogP contribution in [-0.4, -0.2) is 39.5 Å². The molecule has 3 heterocycles. The minimum Gasteiger partial charge on any atom is -0.454 e. The van der Waals surface area contributed by atoms with Crippen LogP contribution in [0.25, 0.3) is 5.82 Å². The predicted molar refractivity (Wildman–Crippen MR) is 107 cm³/mol. The highest BCUT2D eigenvalue weighted by atomic mass is 16.7. The van der Waals surface area contributed by atoms with Crippen molar-refractivity contribution in [2.45, 2.75) is 26.9 Å². The van der Waals surface area contributed by atoms with E-state index in [0.29, 0.717) is 23.0 Å². The zero-order valence-corrected chi connectivity index (χ0v) is 16.7. The van der Waals surface area contributed by atoms with E-state index in [1.54, 1.807) is 35.0 Å². The van der Waals surface area contributed by atoms with Crippen molar-refractivity contribution in [1.82, 2.24) is 14.8 Å². The van der Waals surface area contributed by atoms with E-state index in [-0.39, 0.29) is 12.4 Å². The minimum atomic E-state index is -1.00. The Kier molecular flexibility index (Phi) is 5.09. The van der Waals surface area contributed by atoms with Gasteiger partial charge in [0.25, 0.3) is 5.91 Å². The first kappa shape index (κ1) is 19.4. The smallest absolute Gasteiger partial charge is 0.340 e. The highest BCUT2D eigenvalue weighted by Crippen LogP contribution is 2.34. The number of benzene rings is 1. The Morgan fingerprint density at radius 2 is 1.93 bits per heavy atom. The molecule has 4 rings (SSSR count). The molecule has 9 heteroatoms. The molecule has 0 spiro atoms. The topological polar surface area (TPSA) is 105 Å². The summed E-state index contributed by atoms with van der Waals surface area (Å²) in [4.78, 5) is 29.0. The maximum atomic E-state index is 12.4. The molecule has 1 aliphatic heterocycles. The quantitative estimate of drug-likeness (QED) is 0.647. The van der Waals surface area contributed by atoms with Crippen LogP contribution in [-0.2, 0) is 9.53 Å². The lowest BCUT2D eigenvalue weighted by Crippen LogP contribution is -2.30. The van der Waals surface area contributed by atoms with Gasteiger partial charge in [-0.3, -0.25) is 4.79 Å². The molecule has 1 N–H and O–H groups in total. The van der Waals surface area contributed by atoms with Crippen LogP contribution in [0.15, 0.2) is 42.6 Å². The van der Waals surface area contributed by atoms with Gasteiger partial charge >= 0.3 is 5.97 Å². The Balaban J connectivity index is 1.38. The van der Waals surface area contributed by atoms with Gasteiger partial charge in [0.05, 0.1) is 11.3 Å². The van der Waals surface area contributed by atoms with E-state index in [4.69, 9.17) is 14.2 Å². The standard InChI is InChI=1S/C21H20N4O5/c1-12-8-13(2)25(24-12)19-7-4-15(10-22-19)21(27)30-14(3)20(26)23-16-5-6-17-18(9-16)29-11-28-17/h4-10,14H,11H2,1-3H3,(H,23,26). The molecular weight excluding hydrogens is 388 g/mol. The summed E-state index contributed by atoms with van der Waals surface area (Å²) in [6, 6.07) is 10.2. The first-order chi connectivity index (χ1) is 14.4. The molecule has 30 heavy (non-hydrogen) atoms. The van der Waals surface area contributed by atoms with Gasteiger partial charge in [-0.2, -0.15) is 5.10 Å². The predicted octanol–water partition coefficient (Wildman–Crippen LogP) is 2.80. The molecule has 0 aliphatic carbocycles. The number of anilines is 1. The fourth-order valence-corrected chi connectivity index (χ4v) is 2.99. The minimum absolute atomic E-state index is 0.146. The number of carbonyl (C=O) groups is 2. The SMILES string of the molecule is Cc1cc(C)n(-c2ccc(C(=O)OC(C)C(=O)Nc3ccc4c(c3)OCO4)cn2)n1. The summed E-state index contributed by atoms with van der Waals surface area (Å²) in [5, 5.41) is 7.04. The molecule has 1 unspecified atom stereocenters. The first-order valence-electron chi connectivity index (χ1n) is 9.32. The van der Waals surface area contributed by atoms with Crippen LogP contribution in [0.4, 0.5) is 5.69 Å². The zero-order valence-electron chi connectivity index (χ0n) is 16.7. The fourth-order valence-electron chi connectivity index (χ4n) is 2.99. The summed E-state index contributed by atoms with van der Waals surface area (Å²) in [5.41, 5.74) is 2.57. The summed E-state index contributed by atoms with van der Waals surface area (Å²) < 4.78 is 17.5. The molecule has 0 fully saturated rings. The summed E-state index contributed by atoms with van der Waals surface area (Å²) in [7, 11) is 0. The highest BCUT2D eigenvalue weighted by molar-refractivity contribution is 5.97. The third-order valence-electron chi connectivity index (χ3n) is 4.50. The van der Waals surface area contributed by atoms with Crippen molar-refractivity contribution in [3.05, 3.63) is 59.5 Å². The second kappa shape index (κ2) is 7.86. The number of hydrogen-bond acceptors (Lipinski definition) is 7. The Labute approximate surface area is 172 Å². The van der Waals surface area contributed by atoms with Gasteiger partial charge in [-0.1, -0.05) is 0 Å². The normalized spacial score (nSPS) is 13.0. The molecule has 0 bridgehead atoms. The number of hydrogen-bond donors (Lipinski definition) is 1. The van der Waals surface area contributed by atoms with Crippen molar-refractivity contribution in [2.24, 2.45) is 0 Å². The largest absolute Gasteiger partial charge is 0.454 e. The number of rotatable bonds is 5. The number of aromatic nitrogens is 3. The van der Waals surface area contributed by atoms with Gasteiger partial charge < -0.3 is 19.5 Å². The lowest BCUT2D eigenvalue weighted by Gasteiger charge is -2.14. The monoisotopic (exact) mass is 408 g/mol. The molecule has 1 atom stereocenters. The van der Waals surface area contributed by atoms with Crippen molar-refractivity contribution >= 4 is 17.6 Å². The van der Waals surface area contributed by atoms with Gasteiger partial charge in [-0.25, -0.2) is 14.5 Å². The van der Waals surface area contributed by atoms with Gasteiger partial charge in [-0.05, 0) is 51.1 Å². The number of fused-ring (bicyclic) bond motifs is 1. The van der Waals surface area contributed by atoms with Crippen LogP contribution in [0.5, 0.6) is 11.5 Å². The van der Waals surface area contributed by atoms with E-state index in [1.807, 2.05) is 19.9 Å². The van der Waals surface area contributed by atoms with Crippen molar-refractivity contribution in [2.75, 3.05) is 12.1 Å². The van der Waals surface area contributed by atoms with Crippen LogP contribution in [0, 0.1) is 13.8 Å². The number of aryl methyl sites for hydroxylation is 2. The van der Waals surface area contributed by atoms with Gasteiger partial charge in [0.15, 0.2) is 23.4 Å². The van der Waals surface area contributed by atoms with E-state index in [9.17, 15) is 9.59 Å². The van der Waals surface area contributed by atoms with E-state index in [2.05, 4.69) is 15.4 Å². The number of carbonyl (C=O) groups excluding carboxylic acids is 2. The maximum absolute atomic E-state index is 12.4. The van der Waals surface area contributed by atoms with Crippen LogP contribution >= 0.6 is 0 Å². The third kappa shape index (κ3) is 3.95. The van der Waals surface area contributed by atoms with E-state index in [0.717, 1.165) is 11.4 Å². The molecule has 2 aromatic heterocycles. The lowest BCUT2D eigenvalue weighted by molar-refractivity contribution is -0.123. The van der Waals surface area contributed by atoms with E-state index < -0.39 is 18.0 Å². The number of esters is 1. The second-order valence-electron chi connectivity index (χ2n) is 6.85. The summed E-state index contributed by atoms with van der Waals surface area (Å²) in [6.07, 6.45) is 0.398. The van der Waals surface area contributed by atoms with Gasteiger partial charge in [0.1, 0.15) is 0 Å². The average molecular weight is 408 g/mol. The zero-order chi connectivity index (χ0) is 21.3. The van der Waals surface area contributed by atoms with Crippen molar-refractivity contribution in [1.29, 1.82) is 0 Å². The number of nitrogens with one attached hydrogen (secondary N) is 1. The third-order valence-corrected chi connectivity index (χ3v) is 4.50. The molecular formula is C21H20N4O5. The van der Waals surface area contributed by atoms with Gasteiger partial charge in [0.2, 0.25) is 6.79 Å². The molecule has 9 nitrogen and oxygen atoms in total. The van der Waals surface area contributed by atoms with E-state index >= 15 is 0 Å². The summed E-state index contributed by atoms with van der Waals surface area (Å²) in [6.45, 7) is 5.46. The molecule has 3 aromatic rings. The second-order valence-corrected chi connectivity index (χ2v) is 6.85. The number of pyridine rings is 1. The van der Waals surface area contributed by atoms with E-state index in [1.165, 1.54) is 13.1 Å². The number of nitrogens with zero attached hydrogens (tertiary/aromatic N) is 3. The average Bonchev–Trinajstić information content (AvgIpc) is 3.33. The van der Waals surface area contributed by atoms with Crippen LogP contribution < -0.4 is 14.8 Å². The summed E-state index contributed by atoms with van der Waals surface area (Å²) >= 11 is 0. The first-order valence-corrected chi connectivity index (χ1v) is 9.32. The molecule has 1 amide bonds. The highest BCUT2D eigenvalue weighted by Gasteiger charge is 2.21. The van der Waals surface area contributed by atoms with Crippen LogP contribution in [0.3, 0.4) is 0 Å². The molecule has 0 saturated heterocycles. The number of amides is 1. The number of ether oxygens (including phenoxy) is 3. The fraction of sp³-hybridized carbons (Fsp3) is 0.238. The Hall–Kier alpha value is -3.88.